The maximum Gasteiger partial charge on any atom is 0.309 e. The maximum atomic E-state index is 11.7. The molecule has 0 unspecified atom stereocenters. The van der Waals surface area contributed by atoms with Crippen molar-refractivity contribution in [2.75, 3.05) is 13.1 Å². The summed E-state index contributed by atoms with van der Waals surface area (Å²) in [6, 6.07) is 6.10. The molecule has 8 heteroatoms. The van der Waals surface area contributed by atoms with Crippen LogP contribution in [0.1, 0.15) is 24.8 Å². The lowest BCUT2D eigenvalue weighted by molar-refractivity contribution is -0.144. The van der Waals surface area contributed by atoms with Gasteiger partial charge in [0.25, 0.3) is 0 Å². The highest BCUT2D eigenvalue weighted by molar-refractivity contribution is 7.00. The van der Waals surface area contributed by atoms with Crippen molar-refractivity contribution in [3.8, 4) is 0 Å². The van der Waals surface area contributed by atoms with Crippen LogP contribution in [0.3, 0.4) is 0 Å². The van der Waals surface area contributed by atoms with Crippen molar-refractivity contribution in [2.24, 2.45) is 5.92 Å². The number of carbonyl (C=O) groups is 2. The monoisotopic (exact) mass is 346 g/mol. The van der Waals surface area contributed by atoms with Crippen molar-refractivity contribution in [3.63, 3.8) is 0 Å². The first-order chi connectivity index (χ1) is 11.6. The molecule has 2 fully saturated rings. The van der Waals surface area contributed by atoms with E-state index in [2.05, 4.69) is 31.1 Å². The highest BCUT2D eigenvalue weighted by atomic mass is 32.1. The molecule has 2 aliphatic rings. The molecule has 0 radical (unpaired) electrons. The third-order valence-electron chi connectivity index (χ3n) is 5.22. The minimum atomic E-state index is -0.872. The molecule has 7 nitrogen and oxygen atoms in total. The quantitative estimate of drug-likeness (QED) is 0.868. The van der Waals surface area contributed by atoms with E-state index in [-0.39, 0.29) is 12.3 Å². The molecule has 1 aromatic carbocycles. The first-order valence-electron chi connectivity index (χ1n) is 8.03. The first kappa shape index (κ1) is 15.5. The van der Waals surface area contributed by atoms with Gasteiger partial charge in [-0.2, -0.15) is 8.75 Å². The van der Waals surface area contributed by atoms with Gasteiger partial charge in [0.1, 0.15) is 11.0 Å². The number of nitrogens with one attached hydrogen (secondary N) is 1. The van der Waals surface area contributed by atoms with Gasteiger partial charge >= 0.3 is 5.97 Å². The predicted octanol–water partition coefficient (Wildman–Crippen LogP) is 1.25. The zero-order valence-electron chi connectivity index (χ0n) is 13.1. The molecule has 3 heterocycles. The van der Waals surface area contributed by atoms with Crippen LogP contribution < -0.4 is 5.32 Å². The summed E-state index contributed by atoms with van der Waals surface area (Å²) in [6.07, 6.45) is 1.45. The van der Waals surface area contributed by atoms with Gasteiger partial charge in [0.05, 0.1) is 23.2 Å². The third kappa shape index (κ3) is 2.65. The van der Waals surface area contributed by atoms with Crippen molar-refractivity contribution in [1.82, 2.24) is 19.0 Å². The lowest BCUT2D eigenvalue weighted by atomic mass is 9.77. The number of hydrogen-bond donors (Lipinski definition) is 2. The van der Waals surface area contributed by atoms with Crippen molar-refractivity contribution < 1.29 is 14.7 Å². The van der Waals surface area contributed by atoms with Crippen LogP contribution in [0, 0.1) is 5.92 Å². The minimum Gasteiger partial charge on any atom is -0.481 e. The van der Waals surface area contributed by atoms with Gasteiger partial charge in [0, 0.05) is 26.1 Å². The van der Waals surface area contributed by atoms with Gasteiger partial charge in [-0.1, -0.05) is 6.07 Å². The number of aliphatic carboxylic acids is 1. The number of nitrogens with zero attached hydrogens (tertiary/aromatic N) is 3. The van der Waals surface area contributed by atoms with Gasteiger partial charge in [-0.05, 0) is 30.5 Å². The molecule has 1 amide bonds. The van der Waals surface area contributed by atoms with E-state index in [9.17, 15) is 14.7 Å². The molecule has 1 atom stereocenters. The molecule has 126 valence electrons. The number of carbonyl (C=O) groups excluding carboxylic acids is 1. The van der Waals surface area contributed by atoms with Gasteiger partial charge in [-0.3, -0.25) is 14.5 Å². The predicted molar refractivity (Wildman–Crippen MR) is 88.5 cm³/mol. The number of aromatic nitrogens is 2. The Bertz CT molecular complexity index is 797. The zero-order chi connectivity index (χ0) is 16.7. The minimum absolute atomic E-state index is 0.100. The Morgan fingerprint density at radius 2 is 2.08 bits per heavy atom. The summed E-state index contributed by atoms with van der Waals surface area (Å²) in [6.45, 7) is 2.35. The third-order valence-corrected chi connectivity index (χ3v) is 5.77. The molecule has 2 aromatic rings. The van der Waals surface area contributed by atoms with Crippen molar-refractivity contribution >= 4 is 34.6 Å². The van der Waals surface area contributed by atoms with Crippen LogP contribution in [0.4, 0.5) is 0 Å². The van der Waals surface area contributed by atoms with E-state index in [1.165, 1.54) is 17.3 Å². The van der Waals surface area contributed by atoms with Crippen molar-refractivity contribution in [2.45, 2.75) is 31.3 Å². The van der Waals surface area contributed by atoms with Gasteiger partial charge < -0.3 is 10.4 Å². The first-order valence-corrected chi connectivity index (χ1v) is 8.76. The second kappa shape index (κ2) is 5.78. The van der Waals surface area contributed by atoms with Crippen LogP contribution in [0.15, 0.2) is 18.2 Å². The summed E-state index contributed by atoms with van der Waals surface area (Å²) in [5, 5.41) is 12.4. The van der Waals surface area contributed by atoms with Gasteiger partial charge in [-0.25, -0.2) is 0 Å². The van der Waals surface area contributed by atoms with Gasteiger partial charge in [0.15, 0.2) is 0 Å². The highest BCUT2D eigenvalue weighted by Crippen LogP contribution is 2.37. The molecule has 2 aliphatic heterocycles. The summed E-state index contributed by atoms with van der Waals surface area (Å²) < 4.78 is 8.48. The standard InChI is InChI=1S/C16H18N4O3S/c21-14-8-11(15(22)23)16(17-14)3-5-20(6-4-16)9-10-1-2-12-13(7-10)19-24-18-12/h1-2,7,11H,3-6,8-9H2,(H,17,21)(H,22,23)/t11-/m0/s1. The molecule has 4 rings (SSSR count). The van der Waals surface area contributed by atoms with E-state index >= 15 is 0 Å². The summed E-state index contributed by atoms with van der Waals surface area (Å²) >= 11 is 1.21. The molecule has 2 saturated heterocycles. The molecule has 1 spiro atoms. The van der Waals surface area contributed by atoms with Crippen molar-refractivity contribution in [3.05, 3.63) is 23.8 Å². The van der Waals surface area contributed by atoms with Crippen LogP contribution >= 0.6 is 11.7 Å². The van der Waals surface area contributed by atoms with E-state index in [4.69, 9.17) is 0 Å². The second-order valence-corrected chi connectivity index (χ2v) is 7.19. The number of amides is 1. The van der Waals surface area contributed by atoms with Crippen LogP contribution in [0.2, 0.25) is 0 Å². The van der Waals surface area contributed by atoms with E-state index in [0.29, 0.717) is 12.8 Å². The van der Waals surface area contributed by atoms with E-state index in [1.807, 2.05) is 6.07 Å². The highest BCUT2D eigenvalue weighted by Gasteiger charge is 2.51. The van der Waals surface area contributed by atoms with Gasteiger partial charge in [0.2, 0.25) is 5.91 Å². The Labute approximate surface area is 143 Å². The molecule has 0 saturated carbocycles. The SMILES string of the molecule is O=C1C[C@@H](C(=O)O)C2(CCN(Cc3ccc4nsnc4c3)CC2)N1. The fourth-order valence-electron chi connectivity index (χ4n) is 3.89. The summed E-state index contributed by atoms with van der Waals surface area (Å²) in [5.74, 6) is -1.62. The summed E-state index contributed by atoms with van der Waals surface area (Å²) in [7, 11) is 0. The number of rotatable bonds is 3. The van der Waals surface area contributed by atoms with E-state index in [0.717, 1.165) is 30.7 Å². The molecule has 0 aliphatic carbocycles. The van der Waals surface area contributed by atoms with E-state index in [1.54, 1.807) is 0 Å². The number of benzene rings is 1. The number of hydrogen-bond acceptors (Lipinski definition) is 6. The summed E-state index contributed by atoms with van der Waals surface area (Å²) in [5.41, 5.74) is 2.44. The fraction of sp³-hybridized carbons (Fsp3) is 0.500. The second-order valence-electron chi connectivity index (χ2n) is 6.66. The smallest absolute Gasteiger partial charge is 0.309 e. The van der Waals surface area contributed by atoms with Crippen LogP contribution in [-0.4, -0.2) is 49.3 Å². The molecule has 24 heavy (non-hydrogen) atoms. The largest absolute Gasteiger partial charge is 0.481 e. The maximum absolute atomic E-state index is 11.7. The average molecular weight is 346 g/mol. The average Bonchev–Trinajstić information content (AvgIpc) is 3.14. The Morgan fingerprint density at radius 3 is 2.83 bits per heavy atom. The lowest BCUT2D eigenvalue weighted by Crippen LogP contribution is -2.55. The van der Waals surface area contributed by atoms with Crippen LogP contribution in [0.25, 0.3) is 11.0 Å². The number of piperidine rings is 1. The van der Waals surface area contributed by atoms with Crippen LogP contribution in [0.5, 0.6) is 0 Å². The van der Waals surface area contributed by atoms with Gasteiger partial charge in [-0.15, -0.1) is 0 Å². The number of fused-ring (bicyclic) bond motifs is 1. The number of carboxylic acid groups (broad SMARTS) is 1. The van der Waals surface area contributed by atoms with Crippen LogP contribution in [-0.2, 0) is 16.1 Å². The Balaban J connectivity index is 1.44. The fourth-order valence-corrected chi connectivity index (χ4v) is 4.41. The Kier molecular flexibility index (Phi) is 3.73. The molecule has 1 aromatic heterocycles. The molecular formula is C16H18N4O3S. The number of likely N-dealkylation sites (tertiary alicyclic amines) is 1. The normalized spacial score (nSPS) is 23.7. The topological polar surface area (TPSA) is 95.4 Å². The lowest BCUT2D eigenvalue weighted by Gasteiger charge is -2.41. The van der Waals surface area contributed by atoms with E-state index < -0.39 is 17.4 Å². The molecule has 2 N–H and O–H groups in total. The molecular weight excluding hydrogens is 328 g/mol. The summed E-state index contributed by atoms with van der Waals surface area (Å²) in [4.78, 5) is 25.5. The molecule has 0 bridgehead atoms. The Hall–Kier alpha value is -2.06. The van der Waals surface area contributed by atoms with Crippen molar-refractivity contribution in [1.29, 1.82) is 0 Å². The number of carboxylic acids is 1. The zero-order valence-corrected chi connectivity index (χ0v) is 13.9. The Morgan fingerprint density at radius 1 is 1.33 bits per heavy atom.